The Balaban J connectivity index is 1.93. The smallest absolute Gasteiger partial charge is 0.262 e. The van der Waals surface area contributed by atoms with Crippen LogP contribution in [0.2, 0.25) is 5.15 Å². The summed E-state index contributed by atoms with van der Waals surface area (Å²) in [7, 11) is 1.66. The summed E-state index contributed by atoms with van der Waals surface area (Å²) in [4.78, 5) is 21.5. The van der Waals surface area contributed by atoms with Crippen LogP contribution in [0.1, 0.15) is 12.0 Å². The van der Waals surface area contributed by atoms with Crippen molar-refractivity contribution >= 4 is 34.3 Å². The van der Waals surface area contributed by atoms with Crippen molar-refractivity contribution in [1.29, 1.82) is 0 Å². The number of benzene rings is 1. The number of rotatable bonds is 7. The van der Waals surface area contributed by atoms with E-state index in [9.17, 15) is 4.79 Å². The van der Waals surface area contributed by atoms with Gasteiger partial charge in [-0.1, -0.05) is 35.5 Å². The fraction of sp³-hybridized carbons (Fsp3) is 0.278. The number of halogens is 1. The molecule has 3 rings (SSSR count). The van der Waals surface area contributed by atoms with Gasteiger partial charge >= 0.3 is 0 Å². The molecule has 0 spiro atoms. The van der Waals surface area contributed by atoms with Crippen LogP contribution in [0.15, 0.2) is 52.5 Å². The molecule has 0 fully saturated rings. The Labute approximate surface area is 155 Å². The van der Waals surface area contributed by atoms with E-state index >= 15 is 0 Å². The van der Waals surface area contributed by atoms with Crippen LogP contribution in [0.3, 0.4) is 0 Å². The predicted molar refractivity (Wildman–Crippen MR) is 101 cm³/mol. The highest BCUT2D eigenvalue weighted by atomic mass is 35.5. The van der Waals surface area contributed by atoms with Gasteiger partial charge in [-0.2, -0.15) is 0 Å². The molecule has 1 aromatic carbocycles. The van der Waals surface area contributed by atoms with Crippen molar-refractivity contribution < 1.29 is 4.74 Å². The zero-order valence-electron chi connectivity index (χ0n) is 13.8. The van der Waals surface area contributed by atoms with Crippen LogP contribution in [0, 0.1) is 0 Å². The van der Waals surface area contributed by atoms with Gasteiger partial charge in [0.1, 0.15) is 5.15 Å². The van der Waals surface area contributed by atoms with Crippen LogP contribution in [-0.2, 0) is 17.0 Å². The third kappa shape index (κ3) is 4.39. The van der Waals surface area contributed by atoms with E-state index in [0.717, 1.165) is 12.0 Å². The molecule has 0 aliphatic rings. The molecule has 0 bridgehead atoms. The molecule has 2 heterocycles. The van der Waals surface area contributed by atoms with Crippen LogP contribution in [-0.4, -0.2) is 28.3 Å². The molecule has 7 heteroatoms. The Kier molecular flexibility index (Phi) is 6.07. The average Bonchev–Trinajstić information content (AvgIpc) is 2.62. The molecular weight excluding hydrogens is 358 g/mol. The first-order valence-electron chi connectivity index (χ1n) is 7.91. The van der Waals surface area contributed by atoms with Crippen molar-refractivity contribution in [1.82, 2.24) is 14.5 Å². The molecule has 2 aromatic heterocycles. The molecule has 130 valence electrons. The van der Waals surface area contributed by atoms with Gasteiger partial charge in [0, 0.05) is 32.2 Å². The Bertz CT molecular complexity index is 930. The Morgan fingerprint density at radius 3 is 2.92 bits per heavy atom. The Morgan fingerprint density at radius 2 is 2.12 bits per heavy atom. The minimum Gasteiger partial charge on any atom is -0.385 e. The number of thioether (sulfide) groups is 1. The second-order valence-electron chi connectivity index (χ2n) is 5.49. The summed E-state index contributed by atoms with van der Waals surface area (Å²) < 4.78 is 6.84. The fourth-order valence-electron chi connectivity index (χ4n) is 2.50. The van der Waals surface area contributed by atoms with E-state index in [1.165, 1.54) is 11.8 Å². The third-order valence-electron chi connectivity index (χ3n) is 3.72. The highest BCUT2D eigenvalue weighted by Crippen LogP contribution is 2.23. The lowest BCUT2D eigenvalue weighted by Crippen LogP contribution is -2.24. The lowest BCUT2D eigenvalue weighted by molar-refractivity contribution is 0.189. The van der Waals surface area contributed by atoms with Gasteiger partial charge < -0.3 is 4.74 Å². The number of ether oxygens (including phenoxy) is 1. The van der Waals surface area contributed by atoms with Gasteiger partial charge in [-0.15, -0.1) is 0 Å². The van der Waals surface area contributed by atoms with Gasteiger partial charge in [0.05, 0.1) is 10.9 Å². The number of para-hydroxylation sites is 1. The minimum absolute atomic E-state index is 0.0167. The third-order valence-corrected chi connectivity index (χ3v) is 4.97. The standard InChI is InChI=1S/C18H18ClN3O2S/c1-24-10-4-9-22-17(23)14-5-2-3-6-15(14)21-18(22)25-12-13-7-8-20-16(19)11-13/h2-3,5-8,11H,4,9-10,12H2,1H3. The molecule has 0 N–H and O–H groups in total. The molecular formula is C18H18ClN3O2S. The second-order valence-corrected chi connectivity index (χ2v) is 6.82. The zero-order valence-corrected chi connectivity index (χ0v) is 15.4. The number of hydrogen-bond acceptors (Lipinski definition) is 5. The summed E-state index contributed by atoms with van der Waals surface area (Å²) in [5.74, 6) is 0.664. The Hall–Kier alpha value is -1.89. The van der Waals surface area contributed by atoms with Gasteiger partial charge in [-0.3, -0.25) is 9.36 Å². The molecule has 3 aromatic rings. The van der Waals surface area contributed by atoms with Gasteiger partial charge in [0.15, 0.2) is 5.16 Å². The monoisotopic (exact) mass is 375 g/mol. The lowest BCUT2D eigenvalue weighted by Gasteiger charge is -2.13. The van der Waals surface area contributed by atoms with Gasteiger partial charge in [0.25, 0.3) is 5.56 Å². The highest BCUT2D eigenvalue weighted by molar-refractivity contribution is 7.98. The summed E-state index contributed by atoms with van der Waals surface area (Å²) in [5, 5.41) is 1.80. The molecule has 0 aliphatic heterocycles. The van der Waals surface area contributed by atoms with Crippen molar-refractivity contribution in [3.63, 3.8) is 0 Å². The number of aromatic nitrogens is 3. The van der Waals surface area contributed by atoms with E-state index < -0.39 is 0 Å². The molecule has 0 saturated heterocycles. The van der Waals surface area contributed by atoms with Crippen molar-refractivity contribution in [2.45, 2.75) is 23.9 Å². The summed E-state index contributed by atoms with van der Waals surface area (Å²) in [6, 6.07) is 11.2. The Morgan fingerprint density at radius 1 is 1.28 bits per heavy atom. The topological polar surface area (TPSA) is 57.0 Å². The van der Waals surface area contributed by atoms with Crippen LogP contribution >= 0.6 is 23.4 Å². The van der Waals surface area contributed by atoms with Crippen LogP contribution in [0.25, 0.3) is 10.9 Å². The van der Waals surface area contributed by atoms with Crippen LogP contribution in [0.4, 0.5) is 0 Å². The van der Waals surface area contributed by atoms with E-state index in [0.29, 0.717) is 40.1 Å². The molecule has 0 radical (unpaired) electrons. The first-order chi connectivity index (χ1) is 12.2. The minimum atomic E-state index is -0.0167. The lowest BCUT2D eigenvalue weighted by atomic mass is 10.2. The molecule has 0 saturated carbocycles. The SMILES string of the molecule is COCCCn1c(SCc2ccnc(Cl)c2)nc2ccccc2c1=O. The van der Waals surface area contributed by atoms with E-state index in [4.69, 9.17) is 16.3 Å². The number of methoxy groups -OCH3 is 1. The fourth-order valence-corrected chi connectivity index (χ4v) is 3.67. The van der Waals surface area contributed by atoms with Crippen LogP contribution in [0.5, 0.6) is 0 Å². The predicted octanol–water partition coefficient (Wildman–Crippen LogP) is 3.77. The first kappa shape index (κ1) is 17.9. The summed E-state index contributed by atoms with van der Waals surface area (Å²) >= 11 is 7.46. The maximum Gasteiger partial charge on any atom is 0.262 e. The van der Waals surface area contributed by atoms with Crippen molar-refractivity contribution in [2.75, 3.05) is 13.7 Å². The summed E-state index contributed by atoms with van der Waals surface area (Å²) in [5.41, 5.74) is 1.73. The van der Waals surface area contributed by atoms with Gasteiger partial charge in [-0.25, -0.2) is 9.97 Å². The number of hydrogen-bond donors (Lipinski definition) is 0. The zero-order chi connectivity index (χ0) is 17.6. The normalized spacial score (nSPS) is 11.1. The van der Waals surface area contributed by atoms with E-state index in [1.54, 1.807) is 17.9 Å². The molecule has 5 nitrogen and oxygen atoms in total. The maximum atomic E-state index is 12.8. The number of fused-ring (bicyclic) bond motifs is 1. The van der Waals surface area contributed by atoms with Crippen LogP contribution < -0.4 is 5.56 Å². The average molecular weight is 376 g/mol. The molecule has 0 atom stereocenters. The molecule has 0 amide bonds. The largest absolute Gasteiger partial charge is 0.385 e. The summed E-state index contributed by atoms with van der Waals surface area (Å²) in [6.45, 7) is 1.17. The van der Waals surface area contributed by atoms with E-state index in [-0.39, 0.29) is 5.56 Å². The van der Waals surface area contributed by atoms with Gasteiger partial charge in [0.2, 0.25) is 0 Å². The maximum absolute atomic E-state index is 12.8. The number of pyridine rings is 1. The van der Waals surface area contributed by atoms with Crippen molar-refractivity contribution in [3.05, 3.63) is 63.7 Å². The van der Waals surface area contributed by atoms with Gasteiger partial charge in [-0.05, 0) is 36.2 Å². The molecule has 0 unspecified atom stereocenters. The molecule has 25 heavy (non-hydrogen) atoms. The first-order valence-corrected chi connectivity index (χ1v) is 9.27. The molecule has 0 aliphatic carbocycles. The van der Waals surface area contributed by atoms with Crippen molar-refractivity contribution in [3.8, 4) is 0 Å². The summed E-state index contributed by atoms with van der Waals surface area (Å²) in [6.07, 6.45) is 2.43. The highest BCUT2D eigenvalue weighted by Gasteiger charge is 2.11. The quantitative estimate of drug-likeness (QED) is 0.272. The van der Waals surface area contributed by atoms with E-state index in [1.807, 2.05) is 36.4 Å². The van der Waals surface area contributed by atoms with Crippen molar-refractivity contribution in [2.24, 2.45) is 0 Å². The second kappa shape index (κ2) is 8.47. The number of nitrogens with zero attached hydrogens (tertiary/aromatic N) is 3. The van der Waals surface area contributed by atoms with E-state index in [2.05, 4.69) is 9.97 Å².